The molecular weight excluding hydrogens is 513 g/mol. The number of nitrogens with one attached hydrogen (secondary N) is 3. The lowest BCUT2D eigenvalue weighted by atomic mass is 9.98. The highest BCUT2D eigenvalue weighted by Gasteiger charge is 2.44. The maximum atomic E-state index is 15.4. The molecule has 0 saturated heterocycles. The maximum absolute atomic E-state index is 15.4. The standard InChI is InChI=1S/C21H15ClF5N7O2/c1-7(30-20(36)21(25,26)27)14-17(24)16(22)15(9-3-29-33-18(9)14)11-5-34-6-12(31-13(34)4-28-11)32-19(35)8-2-10(8)23/h3-8,10H,2H2,1H3,(H,29,33)(H,30,36)(H,32,35)/t7-,8-,10+/m1/s1. The van der Waals surface area contributed by atoms with Gasteiger partial charge in [-0.3, -0.25) is 19.7 Å². The van der Waals surface area contributed by atoms with Crippen molar-refractivity contribution in [2.45, 2.75) is 31.7 Å². The summed E-state index contributed by atoms with van der Waals surface area (Å²) in [6, 6.07) is -1.40. The molecule has 3 N–H and O–H groups in total. The van der Waals surface area contributed by atoms with E-state index in [1.807, 2.05) is 0 Å². The van der Waals surface area contributed by atoms with Crippen molar-refractivity contribution < 1.29 is 31.5 Å². The second-order valence-corrected chi connectivity index (χ2v) is 8.66. The van der Waals surface area contributed by atoms with Gasteiger partial charge in [0.25, 0.3) is 0 Å². The molecule has 1 aliphatic carbocycles. The van der Waals surface area contributed by atoms with E-state index in [2.05, 4.69) is 25.5 Å². The van der Waals surface area contributed by atoms with Gasteiger partial charge in [-0.05, 0) is 13.3 Å². The molecule has 0 unspecified atom stereocenters. The van der Waals surface area contributed by atoms with Crippen molar-refractivity contribution >= 4 is 45.8 Å². The van der Waals surface area contributed by atoms with Gasteiger partial charge in [-0.25, -0.2) is 13.8 Å². The number of fused-ring (bicyclic) bond motifs is 2. The molecule has 0 spiro atoms. The summed E-state index contributed by atoms with van der Waals surface area (Å²) in [7, 11) is 0. The van der Waals surface area contributed by atoms with Crippen molar-refractivity contribution in [2.75, 3.05) is 5.32 Å². The highest BCUT2D eigenvalue weighted by atomic mass is 35.5. The third kappa shape index (κ3) is 4.10. The zero-order valence-corrected chi connectivity index (χ0v) is 18.9. The van der Waals surface area contributed by atoms with Crippen molar-refractivity contribution in [3.05, 3.63) is 41.2 Å². The van der Waals surface area contributed by atoms with Crippen LogP contribution in [0.1, 0.15) is 24.9 Å². The third-order valence-corrected chi connectivity index (χ3v) is 6.12. The molecule has 36 heavy (non-hydrogen) atoms. The molecular formula is C21H15ClF5N7O2. The Bertz CT molecular complexity index is 1530. The Morgan fingerprint density at radius 3 is 2.67 bits per heavy atom. The van der Waals surface area contributed by atoms with Crippen LogP contribution in [0.15, 0.2) is 24.8 Å². The molecule has 0 aliphatic heterocycles. The fourth-order valence-corrected chi connectivity index (χ4v) is 4.19. The van der Waals surface area contributed by atoms with E-state index in [-0.39, 0.29) is 40.0 Å². The Balaban J connectivity index is 1.53. The quantitative estimate of drug-likeness (QED) is 0.338. The van der Waals surface area contributed by atoms with Gasteiger partial charge in [0.15, 0.2) is 11.5 Å². The van der Waals surface area contributed by atoms with E-state index in [0.29, 0.717) is 5.65 Å². The van der Waals surface area contributed by atoms with E-state index in [9.17, 15) is 27.2 Å². The van der Waals surface area contributed by atoms with Crippen LogP contribution in [0.25, 0.3) is 27.8 Å². The van der Waals surface area contributed by atoms with Crippen LogP contribution in [-0.2, 0) is 9.59 Å². The first kappa shape index (κ1) is 23.9. The number of rotatable bonds is 5. The molecule has 15 heteroatoms. The number of halogens is 6. The molecule has 5 rings (SSSR count). The first-order chi connectivity index (χ1) is 17.0. The van der Waals surface area contributed by atoms with Gasteiger partial charge < -0.3 is 15.0 Å². The lowest BCUT2D eigenvalue weighted by molar-refractivity contribution is -0.174. The maximum Gasteiger partial charge on any atom is 0.471 e. The van der Waals surface area contributed by atoms with Gasteiger partial charge in [-0.15, -0.1) is 0 Å². The number of H-pyrrole nitrogens is 1. The fourth-order valence-electron chi connectivity index (χ4n) is 3.89. The lowest BCUT2D eigenvalue weighted by Gasteiger charge is -2.19. The number of nitrogens with zero attached hydrogens (tertiary/aromatic N) is 4. The number of anilines is 1. The molecule has 3 atom stereocenters. The summed E-state index contributed by atoms with van der Waals surface area (Å²) in [4.78, 5) is 31.8. The van der Waals surface area contributed by atoms with Crippen molar-refractivity contribution in [1.29, 1.82) is 0 Å². The molecule has 0 radical (unpaired) electrons. The number of alkyl halides is 4. The minimum absolute atomic E-state index is 0.0209. The molecule has 1 aromatic carbocycles. The molecule has 3 aromatic heterocycles. The molecule has 188 valence electrons. The SMILES string of the molecule is C[C@@H](NC(=O)C(F)(F)F)c1c(F)c(Cl)c(-c2cn3cc(NC(=O)[C@@H]4C[C@@H]4F)nc3cn2)c2cn[nH]c12. The number of hydrogen-bond donors (Lipinski definition) is 3. The van der Waals surface area contributed by atoms with Crippen molar-refractivity contribution in [3.63, 3.8) is 0 Å². The molecule has 0 bridgehead atoms. The largest absolute Gasteiger partial charge is 0.471 e. The van der Waals surface area contributed by atoms with Gasteiger partial charge in [0.05, 0.1) is 46.8 Å². The molecule has 1 saturated carbocycles. The van der Waals surface area contributed by atoms with E-state index in [0.717, 1.165) is 0 Å². The number of imidazole rings is 1. The number of hydrogen-bond acceptors (Lipinski definition) is 5. The number of amides is 2. The smallest absolute Gasteiger partial charge is 0.342 e. The summed E-state index contributed by atoms with van der Waals surface area (Å²) < 4.78 is 68.1. The number of carbonyl (C=O) groups excluding carboxylic acids is 2. The van der Waals surface area contributed by atoms with Gasteiger partial charge >= 0.3 is 12.1 Å². The normalized spacial score (nSPS) is 18.4. The number of aromatic nitrogens is 5. The summed E-state index contributed by atoms with van der Waals surface area (Å²) in [5, 5.41) is 10.4. The lowest BCUT2D eigenvalue weighted by Crippen LogP contribution is -2.38. The summed E-state index contributed by atoms with van der Waals surface area (Å²) in [5.74, 6) is -4.34. The van der Waals surface area contributed by atoms with Gasteiger partial charge in [0.2, 0.25) is 5.91 Å². The molecule has 4 aromatic rings. The minimum atomic E-state index is -5.16. The Labute approximate surface area is 203 Å². The molecule has 1 fully saturated rings. The van der Waals surface area contributed by atoms with Gasteiger partial charge in [-0.1, -0.05) is 11.6 Å². The van der Waals surface area contributed by atoms with Crippen LogP contribution < -0.4 is 10.6 Å². The zero-order valence-electron chi connectivity index (χ0n) is 18.1. The van der Waals surface area contributed by atoms with Crippen molar-refractivity contribution in [2.24, 2.45) is 5.92 Å². The second kappa shape index (κ2) is 8.40. The van der Waals surface area contributed by atoms with E-state index < -0.39 is 47.0 Å². The van der Waals surface area contributed by atoms with Crippen molar-refractivity contribution in [1.82, 2.24) is 29.9 Å². The second-order valence-electron chi connectivity index (χ2n) is 8.28. The van der Waals surface area contributed by atoms with Crippen LogP contribution in [-0.4, -0.2) is 48.7 Å². The predicted molar refractivity (Wildman–Crippen MR) is 117 cm³/mol. The number of aromatic amines is 1. The van der Waals surface area contributed by atoms with Gasteiger partial charge in [0.1, 0.15) is 12.0 Å². The highest BCUT2D eigenvalue weighted by Crippen LogP contribution is 2.40. The van der Waals surface area contributed by atoms with Crippen LogP contribution in [0.3, 0.4) is 0 Å². The summed E-state index contributed by atoms with van der Waals surface area (Å²) in [5.41, 5.74) is 0.288. The van der Waals surface area contributed by atoms with Crippen LogP contribution in [0.4, 0.5) is 27.8 Å². The predicted octanol–water partition coefficient (Wildman–Crippen LogP) is 4.10. The number of benzene rings is 1. The summed E-state index contributed by atoms with van der Waals surface area (Å²) >= 11 is 6.31. The molecule has 9 nitrogen and oxygen atoms in total. The van der Waals surface area contributed by atoms with Crippen LogP contribution in [0, 0.1) is 11.7 Å². The average Bonchev–Trinajstić information content (AvgIpc) is 3.16. The Hall–Kier alpha value is -3.81. The topological polar surface area (TPSA) is 117 Å². The fraction of sp³-hybridized carbons (Fsp3) is 0.286. The molecule has 3 heterocycles. The van der Waals surface area contributed by atoms with Gasteiger partial charge in [0, 0.05) is 22.7 Å². The van der Waals surface area contributed by atoms with Crippen molar-refractivity contribution in [3.8, 4) is 11.3 Å². The first-order valence-corrected chi connectivity index (χ1v) is 10.8. The zero-order chi connectivity index (χ0) is 25.9. The average molecular weight is 528 g/mol. The molecule has 2 amide bonds. The van der Waals surface area contributed by atoms with Crippen LogP contribution in [0.2, 0.25) is 5.02 Å². The van der Waals surface area contributed by atoms with Gasteiger partial charge in [-0.2, -0.15) is 18.3 Å². The minimum Gasteiger partial charge on any atom is -0.342 e. The monoisotopic (exact) mass is 527 g/mol. The molecule has 1 aliphatic rings. The number of carbonyl (C=O) groups is 2. The van der Waals surface area contributed by atoms with E-state index in [1.165, 1.54) is 36.1 Å². The van der Waals surface area contributed by atoms with E-state index >= 15 is 4.39 Å². The highest BCUT2D eigenvalue weighted by molar-refractivity contribution is 6.35. The third-order valence-electron chi connectivity index (χ3n) is 5.76. The Morgan fingerprint density at radius 2 is 2.00 bits per heavy atom. The first-order valence-electron chi connectivity index (χ1n) is 10.5. The Kier molecular flexibility index (Phi) is 5.58. The van der Waals surface area contributed by atoms with Crippen LogP contribution in [0.5, 0.6) is 0 Å². The summed E-state index contributed by atoms with van der Waals surface area (Å²) in [6.45, 7) is 1.18. The Morgan fingerprint density at radius 1 is 1.28 bits per heavy atom. The van der Waals surface area contributed by atoms with E-state index in [4.69, 9.17) is 11.6 Å². The van der Waals surface area contributed by atoms with Crippen LogP contribution >= 0.6 is 11.6 Å². The summed E-state index contributed by atoms with van der Waals surface area (Å²) in [6.07, 6.45) is -0.632. The van der Waals surface area contributed by atoms with E-state index in [1.54, 1.807) is 5.32 Å².